The van der Waals surface area contributed by atoms with Gasteiger partial charge in [-0.1, -0.05) is 0 Å². The van der Waals surface area contributed by atoms with E-state index < -0.39 is 10.0 Å². The largest absolute Gasteiger partial charge is 0.385 e. The molecule has 0 aliphatic carbocycles. The zero-order chi connectivity index (χ0) is 14.8. The van der Waals surface area contributed by atoms with Crippen molar-refractivity contribution < 1.29 is 13.2 Å². The summed E-state index contributed by atoms with van der Waals surface area (Å²) in [6.07, 6.45) is 0.640. The summed E-state index contributed by atoms with van der Waals surface area (Å²) in [5, 5.41) is 0. The molecule has 0 aliphatic rings. The monoisotopic (exact) mass is 297 g/mol. The first-order chi connectivity index (χ1) is 9.45. The highest BCUT2D eigenvalue weighted by molar-refractivity contribution is 7.89. The molecule has 20 heavy (non-hydrogen) atoms. The van der Waals surface area contributed by atoms with E-state index in [1.54, 1.807) is 25.3 Å². The lowest BCUT2D eigenvalue weighted by molar-refractivity contribution is 0.196. The molecule has 0 bridgehead atoms. The summed E-state index contributed by atoms with van der Waals surface area (Å²) in [5.41, 5.74) is 1.60. The smallest absolute Gasteiger partial charge is 0.240 e. The SMILES string of the molecule is COCCCNS(=O)(=O)c1ccc2c(c1)nc(C)n2C. The predicted molar refractivity (Wildman–Crippen MR) is 77.1 cm³/mol. The van der Waals surface area contributed by atoms with Crippen LogP contribution < -0.4 is 4.72 Å². The molecule has 0 fully saturated rings. The molecule has 0 radical (unpaired) electrons. The van der Waals surface area contributed by atoms with E-state index in [0.717, 1.165) is 11.3 Å². The molecule has 6 nitrogen and oxygen atoms in total. The van der Waals surface area contributed by atoms with Crippen LogP contribution in [0.15, 0.2) is 23.1 Å². The quantitative estimate of drug-likeness (QED) is 0.813. The number of methoxy groups -OCH3 is 1. The molecule has 0 unspecified atom stereocenters. The van der Waals surface area contributed by atoms with Crippen LogP contribution in [-0.4, -0.2) is 38.2 Å². The summed E-state index contributed by atoms with van der Waals surface area (Å²) in [7, 11) is 0.00311. The molecular weight excluding hydrogens is 278 g/mol. The second-order valence-electron chi connectivity index (χ2n) is 4.61. The molecule has 1 aromatic carbocycles. The standard InChI is InChI=1S/C13H19N3O3S/c1-10-15-12-9-11(5-6-13(12)16(10)2)20(17,18)14-7-4-8-19-3/h5-6,9,14H,4,7-8H2,1-3H3. The third-order valence-corrected chi connectivity index (χ3v) is 4.66. The van der Waals surface area contributed by atoms with Gasteiger partial charge in [-0.05, 0) is 31.5 Å². The maximum Gasteiger partial charge on any atom is 0.240 e. The summed E-state index contributed by atoms with van der Waals surface area (Å²) >= 11 is 0. The third-order valence-electron chi connectivity index (χ3n) is 3.20. The molecule has 2 rings (SSSR count). The molecule has 1 aromatic heterocycles. The number of imidazole rings is 1. The number of nitrogens with one attached hydrogen (secondary N) is 1. The highest BCUT2D eigenvalue weighted by Gasteiger charge is 2.15. The Morgan fingerprint density at radius 1 is 1.40 bits per heavy atom. The molecule has 0 amide bonds. The first-order valence-corrected chi connectivity index (χ1v) is 7.85. The van der Waals surface area contributed by atoms with Gasteiger partial charge in [0, 0.05) is 27.3 Å². The van der Waals surface area contributed by atoms with Gasteiger partial charge in [0.05, 0.1) is 15.9 Å². The molecule has 2 aromatic rings. The van der Waals surface area contributed by atoms with E-state index in [2.05, 4.69) is 9.71 Å². The van der Waals surface area contributed by atoms with Gasteiger partial charge in [0.1, 0.15) is 5.82 Å². The predicted octanol–water partition coefficient (Wildman–Crippen LogP) is 1.20. The van der Waals surface area contributed by atoms with Crippen LogP contribution in [0, 0.1) is 6.92 Å². The zero-order valence-electron chi connectivity index (χ0n) is 11.9. The van der Waals surface area contributed by atoms with Crippen LogP contribution >= 0.6 is 0 Å². The summed E-state index contributed by atoms with van der Waals surface area (Å²) in [5.74, 6) is 0.850. The first-order valence-electron chi connectivity index (χ1n) is 6.37. The first kappa shape index (κ1) is 15.0. The minimum Gasteiger partial charge on any atom is -0.385 e. The number of fused-ring (bicyclic) bond motifs is 1. The number of aromatic nitrogens is 2. The Balaban J connectivity index is 2.23. The Bertz CT molecular complexity index is 707. The lowest BCUT2D eigenvalue weighted by Crippen LogP contribution is -2.25. The number of ether oxygens (including phenoxy) is 1. The van der Waals surface area contributed by atoms with Crippen molar-refractivity contribution in [3.05, 3.63) is 24.0 Å². The molecule has 0 saturated heterocycles. The Labute approximate surface area is 118 Å². The average molecular weight is 297 g/mol. The number of benzene rings is 1. The maximum atomic E-state index is 12.1. The second kappa shape index (κ2) is 5.90. The molecule has 7 heteroatoms. The van der Waals surface area contributed by atoms with Crippen LogP contribution in [0.4, 0.5) is 0 Å². The van der Waals surface area contributed by atoms with Crippen molar-refractivity contribution in [1.29, 1.82) is 0 Å². The van der Waals surface area contributed by atoms with Crippen molar-refractivity contribution in [3.8, 4) is 0 Å². The van der Waals surface area contributed by atoms with Gasteiger partial charge in [0.15, 0.2) is 0 Å². The Hall–Kier alpha value is -1.44. The van der Waals surface area contributed by atoms with Crippen molar-refractivity contribution >= 4 is 21.1 Å². The number of hydrogen-bond acceptors (Lipinski definition) is 4. The van der Waals surface area contributed by atoms with E-state index >= 15 is 0 Å². The number of rotatable bonds is 6. The van der Waals surface area contributed by atoms with Gasteiger partial charge in [-0.2, -0.15) is 0 Å². The minimum absolute atomic E-state index is 0.237. The maximum absolute atomic E-state index is 12.1. The van der Waals surface area contributed by atoms with Crippen molar-refractivity contribution in [1.82, 2.24) is 14.3 Å². The number of aryl methyl sites for hydroxylation is 2. The van der Waals surface area contributed by atoms with Crippen molar-refractivity contribution in [2.75, 3.05) is 20.3 Å². The van der Waals surface area contributed by atoms with Crippen molar-refractivity contribution in [2.45, 2.75) is 18.2 Å². The van der Waals surface area contributed by atoms with E-state index in [1.165, 1.54) is 0 Å². The number of sulfonamides is 1. The van der Waals surface area contributed by atoms with Gasteiger partial charge in [-0.3, -0.25) is 0 Å². The van der Waals surface area contributed by atoms with E-state index in [9.17, 15) is 8.42 Å². The topological polar surface area (TPSA) is 73.2 Å². The summed E-state index contributed by atoms with van der Waals surface area (Å²) in [6, 6.07) is 4.97. The Morgan fingerprint density at radius 2 is 2.15 bits per heavy atom. The fourth-order valence-electron chi connectivity index (χ4n) is 1.97. The van der Waals surface area contributed by atoms with E-state index in [0.29, 0.717) is 25.1 Å². The normalized spacial score (nSPS) is 12.2. The molecule has 0 aliphatic heterocycles. The van der Waals surface area contributed by atoms with Crippen LogP contribution in [0.5, 0.6) is 0 Å². The highest BCUT2D eigenvalue weighted by Crippen LogP contribution is 2.19. The van der Waals surface area contributed by atoms with Crippen molar-refractivity contribution in [3.63, 3.8) is 0 Å². The average Bonchev–Trinajstić information content (AvgIpc) is 2.70. The molecular formula is C13H19N3O3S. The van der Waals surface area contributed by atoms with E-state index in [1.807, 2.05) is 18.5 Å². The van der Waals surface area contributed by atoms with Gasteiger partial charge < -0.3 is 9.30 Å². The molecule has 1 N–H and O–H groups in total. The zero-order valence-corrected chi connectivity index (χ0v) is 12.7. The minimum atomic E-state index is -3.49. The molecule has 1 heterocycles. The summed E-state index contributed by atoms with van der Waals surface area (Å²) < 4.78 is 33.7. The van der Waals surface area contributed by atoms with Crippen LogP contribution in [0.2, 0.25) is 0 Å². The molecule has 0 saturated carbocycles. The third kappa shape index (κ3) is 3.00. The van der Waals surface area contributed by atoms with Crippen LogP contribution in [0.3, 0.4) is 0 Å². The van der Waals surface area contributed by atoms with Crippen LogP contribution in [0.25, 0.3) is 11.0 Å². The van der Waals surface area contributed by atoms with E-state index in [-0.39, 0.29) is 4.90 Å². The van der Waals surface area contributed by atoms with Gasteiger partial charge in [-0.25, -0.2) is 18.1 Å². The molecule has 0 atom stereocenters. The van der Waals surface area contributed by atoms with Crippen molar-refractivity contribution in [2.24, 2.45) is 7.05 Å². The van der Waals surface area contributed by atoms with Gasteiger partial charge in [0.2, 0.25) is 10.0 Å². The Kier molecular flexibility index (Phi) is 4.42. The molecule has 110 valence electrons. The Morgan fingerprint density at radius 3 is 2.85 bits per heavy atom. The number of nitrogens with zero attached hydrogens (tertiary/aromatic N) is 2. The molecule has 0 spiro atoms. The van der Waals surface area contributed by atoms with E-state index in [4.69, 9.17) is 4.74 Å². The fraction of sp³-hybridized carbons (Fsp3) is 0.462. The van der Waals surface area contributed by atoms with Gasteiger partial charge in [0.25, 0.3) is 0 Å². The lowest BCUT2D eigenvalue weighted by atomic mass is 10.3. The lowest BCUT2D eigenvalue weighted by Gasteiger charge is -2.06. The number of hydrogen-bond donors (Lipinski definition) is 1. The van der Waals surface area contributed by atoms with Gasteiger partial charge in [-0.15, -0.1) is 0 Å². The second-order valence-corrected chi connectivity index (χ2v) is 6.38. The van der Waals surface area contributed by atoms with Crippen LogP contribution in [-0.2, 0) is 21.8 Å². The van der Waals surface area contributed by atoms with Crippen LogP contribution in [0.1, 0.15) is 12.2 Å². The summed E-state index contributed by atoms with van der Waals surface area (Å²) in [4.78, 5) is 4.58. The van der Waals surface area contributed by atoms with Gasteiger partial charge >= 0.3 is 0 Å². The fourth-order valence-corrected chi connectivity index (χ4v) is 3.07. The highest BCUT2D eigenvalue weighted by atomic mass is 32.2. The summed E-state index contributed by atoms with van der Waals surface area (Å²) in [6.45, 7) is 2.77.